The van der Waals surface area contributed by atoms with E-state index in [2.05, 4.69) is 10.6 Å². The van der Waals surface area contributed by atoms with Gasteiger partial charge in [-0.25, -0.2) is 4.79 Å². The van der Waals surface area contributed by atoms with Crippen LogP contribution in [0.3, 0.4) is 0 Å². The lowest BCUT2D eigenvalue weighted by molar-refractivity contribution is -0.137. The number of anilines is 2. The minimum Gasteiger partial charge on any atom is -0.460 e. The summed E-state index contributed by atoms with van der Waals surface area (Å²) in [4.78, 5) is 12.5. The molecule has 2 aromatic rings. The van der Waals surface area contributed by atoms with Crippen LogP contribution in [0.4, 0.5) is 24.5 Å². The van der Waals surface area contributed by atoms with Gasteiger partial charge in [-0.3, -0.25) is 0 Å². The Kier molecular flexibility index (Phi) is 18.4. The Morgan fingerprint density at radius 2 is 1.17 bits per heavy atom. The Bertz CT molecular complexity index is 997. The third-order valence-corrected chi connectivity index (χ3v) is 5.43. The van der Waals surface area contributed by atoms with E-state index in [1.54, 1.807) is 18.2 Å². The van der Waals surface area contributed by atoms with Gasteiger partial charge in [0.15, 0.2) is 0 Å². The number of esters is 1. The Labute approximate surface area is 244 Å². The summed E-state index contributed by atoms with van der Waals surface area (Å²) in [6.07, 6.45) is -4.47. The van der Waals surface area contributed by atoms with E-state index in [1.165, 1.54) is 18.2 Å². The van der Waals surface area contributed by atoms with Crippen molar-refractivity contribution in [1.82, 2.24) is 5.32 Å². The Morgan fingerprint density at radius 3 is 1.69 bits per heavy atom. The molecule has 0 spiro atoms. The standard InChI is InChI=1S/C29H41F3N2O8/c1-33-9-10-36-11-12-37-13-14-38-15-16-39-17-18-40-19-20-41-21-22-42-28(35)26-7-2-3-8-27(26)34-25-6-4-5-24(23-25)29(30,31)32/h2-8,23,33-34H,9-22H2,1H3. The summed E-state index contributed by atoms with van der Waals surface area (Å²) in [6.45, 7) is 6.18. The fourth-order valence-corrected chi connectivity index (χ4v) is 3.35. The first-order chi connectivity index (χ1) is 20.4. The van der Waals surface area contributed by atoms with Crippen LogP contribution in [0.25, 0.3) is 0 Å². The Hall–Kier alpha value is -2.78. The molecule has 0 bridgehead atoms. The van der Waals surface area contributed by atoms with Crippen molar-refractivity contribution in [2.75, 3.05) is 105 Å². The van der Waals surface area contributed by atoms with Gasteiger partial charge in [0, 0.05) is 12.2 Å². The summed E-state index contributed by atoms with van der Waals surface area (Å²) in [5.41, 5.74) is -0.0671. The van der Waals surface area contributed by atoms with Crippen molar-refractivity contribution >= 4 is 17.3 Å². The normalized spacial score (nSPS) is 11.5. The van der Waals surface area contributed by atoms with Gasteiger partial charge in [-0.2, -0.15) is 13.2 Å². The summed E-state index contributed by atoms with van der Waals surface area (Å²) >= 11 is 0. The van der Waals surface area contributed by atoms with Crippen LogP contribution in [-0.4, -0.2) is 105 Å². The molecule has 0 saturated carbocycles. The van der Waals surface area contributed by atoms with Gasteiger partial charge in [-0.1, -0.05) is 18.2 Å². The third kappa shape index (κ3) is 16.0. The molecule has 236 valence electrons. The summed E-state index contributed by atoms with van der Waals surface area (Å²) in [7, 11) is 1.87. The second-order valence-electron chi connectivity index (χ2n) is 8.66. The lowest BCUT2D eigenvalue weighted by Crippen LogP contribution is -2.17. The largest absolute Gasteiger partial charge is 0.460 e. The van der Waals surface area contributed by atoms with Crippen LogP contribution in [0, 0.1) is 0 Å². The summed E-state index contributed by atoms with van der Waals surface area (Å²) < 4.78 is 76.7. The monoisotopic (exact) mass is 602 g/mol. The fraction of sp³-hybridized carbons (Fsp3) is 0.552. The van der Waals surface area contributed by atoms with Gasteiger partial charge in [0.2, 0.25) is 0 Å². The van der Waals surface area contributed by atoms with Crippen molar-refractivity contribution in [3.8, 4) is 0 Å². The highest BCUT2D eigenvalue weighted by Crippen LogP contribution is 2.32. The van der Waals surface area contributed by atoms with Crippen LogP contribution in [-0.2, 0) is 39.3 Å². The van der Waals surface area contributed by atoms with Crippen molar-refractivity contribution in [3.63, 3.8) is 0 Å². The molecule has 0 aromatic heterocycles. The van der Waals surface area contributed by atoms with Gasteiger partial charge >= 0.3 is 12.1 Å². The second kappa shape index (κ2) is 21.9. The van der Waals surface area contributed by atoms with Crippen molar-refractivity contribution < 1.29 is 51.1 Å². The van der Waals surface area contributed by atoms with Crippen LogP contribution in [0.1, 0.15) is 15.9 Å². The van der Waals surface area contributed by atoms with Gasteiger partial charge in [0.25, 0.3) is 0 Å². The topological polar surface area (TPSA) is 106 Å². The van der Waals surface area contributed by atoms with E-state index in [-0.39, 0.29) is 24.5 Å². The number of hydrogen-bond donors (Lipinski definition) is 2. The van der Waals surface area contributed by atoms with Crippen LogP contribution < -0.4 is 10.6 Å². The lowest BCUT2D eigenvalue weighted by Gasteiger charge is -2.13. The molecule has 2 N–H and O–H groups in total. The molecule has 0 aliphatic carbocycles. The van der Waals surface area contributed by atoms with E-state index < -0.39 is 17.7 Å². The number of carbonyl (C=O) groups excluding carboxylic acids is 1. The Morgan fingerprint density at radius 1 is 0.667 bits per heavy atom. The van der Waals surface area contributed by atoms with Crippen LogP contribution >= 0.6 is 0 Å². The maximum absolute atomic E-state index is 13.0. The SMILES string of the molecule is CNCCOCCOCCOCCOCCOCCOCCOC(=O)c1ccccc1Nc1cccc(C(F)(F)F)c1. The van der Waals surface area contributed by atoms with Gasteiger partial charge in [0.05, 0.1) is 96.1 Å². The number of rotatable bonds is 24. The minimum absolute atomic E-state index is 0.00925. The molecule has 0 unspecified atom stereocenters. The molecular weight excluding hydrogens is 561 g/mol. The molecule has 0 aliphatic heterocycles. The zero-order valence-electron chi connectivity index (χ0n) is 23.9. The highest BCUT2D eigenvalue weighted by atomic mass is 19.4. The predicted octanol–water partition coefficient (Wildman–Crippen LogP) is 3.92. The third-order valence-electron chi connectivity index (χ3n) is 5.43. The number of alkyl halides is 3. The van der Waals surface area contributed by atoms with Crippen molar-refractivity contribution in [3.05, 3.63) is 59.7 Å². The molecule has 0 fully saturated rings. The number of carbonyl (C=O) groups is 1. The number of halogens is 3. The van der Waals surface area contributed by atoms with E-state index in [9.17, 15) is 18.0 Å². The average molecular weight is 603 g/mol. The predicted molar refractivity (Wildman–Crippen MR) is 150 cm³/mol. The zero-order chi connectivity index (χ0) is 30.3. The molecule has 0 saturated heterocycles. The number of hydrogen-bond acceptors (Lipinski definition) is 10. The van der Waals surface area contributed by atoms with Crippen LogP contribution in [0.2, 0.25) is 0 Å². The molecule has 10 nitrogen and oxygen atoms in total. The molecule has 42 heavy (non-hydrogen) atoms. The highest BCUT2D eigenvalue weighted by molar-refractivity contribution is 5.96. The molecule has 0 heterocycles. The average Bonchev–Trinajstić information content (AvgIpc) is 2.98. The number of para-hydroxylation sites is 1. The molecule has 2 rings (SSSR count). The first-order valence-electron chi connectivity index (χ1n) is 13.7. The lowest BCUT2D eigenvalue weighted by atomic mass is 10.1. The molecule has 0 aliphatic rings. The van der Waals surface area contributed by atoms with Gasteiger partial charge in [-0.15, -0.1) is 0 Å². The van der Waals surface area contributed by atoms with Gasteiger partial charge in [0.1, 0.15) is 6.61 Å². The number of ether oxygens (including phenoxy) is 7. The molecular formula is C29H41F3N2O8. The van der Waals surface area contributed by atoms with Gasteiger partial charge < -0.3 is 43.8 Å². The number of benzene rings is 2. The summed E-state index contributed by atoms with van der Waals surface area (Å²) in [5.74, 6) is -0.621. The number of nitrogens with one attached hydrogen (secondary N) is 2. The fourth-order valence-electron chi connectivity index (χ4n) is 3.35. The molecule has 0 radical (unpaired) electrons. The second-order valence-corrected chi connectivity index (χ2v) is 8.66. The highest BCUT2D eigenvalue weighted by Gasteiger charge is 2.30. The molecule has 2 aromatic carbocycles. The zero-order valence-corrected chi connectivity index (χ0v) is 23.9. The van der Waals surface area contributed by atoms with Crippen molar-refractivity contribution in [2.24, 2.45) is 0 Å². The molecule has 13 heteroatoms. The first-order valence-corrected chi connectivity index (χ1v) is 13.7. The van der Waals surface area contributed by atoms with Crippen molar-refractivity contribution in [2.45, 2.75) is 6.18 Å². The minimum atomic E-state index is -4.47. The van der Waals surface area contributed by atoms with E-state index in [0.717, 1.165) is 18.7 Å². The summed E-state index contributed by atoms with van der Waals surface area (Å²) in [6, 6.07) is 11.2. The Balaban J connectivity index is 1.45. The molecule has 0 atom stereocenters. The maximum atomic E-state index is 13.0. The maximum Gasteiger partial charge on any atom is 0.416 e. The summed E-state index contributed by atoms with van der Waals surface area (Å²) in [5, 5.41) is 5.85. The van der Waals surface area contributed by atoms with Crippen molar-refractivity contribution in [1.29, 1.82) is 0 Å². The van der Waals surface area contributed by atoms with Crippen LogP contribution in [0.5, 0.6) is 0 Å². The smallest absolute Gasteiger partial charge is 0.416 e. The van der Waals surface area contributed by atoms with E-state index >= 15 is 0 Å². The van der Waals surface area contributed by atoms with Crippen LogP contribution in [0.15, 0.2) is 48.5 Å². The molecule has 0 amide bonds. The van der Waals surface area contributed by atoms with Gasteiger partial charge in [-0.05, 0) is 37.4 Å². The van der Waals surface area contributed by atoms with E-state index in [4.69, 9.17) is 33.2 Å². The van der Waals surface area contributed by atoms with E-state index in [0.29, 0.717) is 78.4 Å². The quantitative estimate of drug-likeness (QED) is 0.136. The van der Waals surface area contributed by atoms with E-state index in [1.807, 2.05) is 7.05 Å². The number of likely N-dealkylation sites (N-methyl/N-ethyl adjacent to an activating group) is 1. The first kappa shape index (κ1) is 35.4.